The maximum atomic E-state index is 13.6. The molecular weight excluding hydrogens is 462 g/mol. The van der Waals surface area contributed by atoms with Crippen molar-refractivity contribution < 1.29 is 19.1 Å². The van der Waals surface area contributed by atoms with Crippen LogP contribution in [0.4, 0.5) is 5.69 Å². The van der Waals surface area contributed by atoms with Crippen molar-refractivity contribution in [3.63, 3.8) is 0 Å². The number of esters is 1. The second kappa shape index (κ2) is 11.4. The SMILES string of the molecule is COc1ccc(NC(=O)[C@H](OC(=O)C(c2ccccc2)c2ccccc2)c2ccccc2)cc1Cl. The standard InChI is InChI=1S/C29H24ClNO4/c1-34-25-18-17-23(19-24(25)30)31-28(32)27(22-15-9-4-10-16-22)35-29(33)26(20-11-5-2-6-12-20)21-13-7-3-8-14-21/h2-19,26-27H,1H3,(H,31,32)/t27-/m1/s1. The van der Waals surface area contributed by atoms with Crippen LogP contribution in [-0.4, -0.2) is 19.0 Å². The molecule has 0 bridgehead atoms. The molecular formula is C29H24ClNO4. The van der Waals surface area contributed by atoms with Gasteiger partial charge in [-0.2, -0.15) is 0 Å². The molecule has 35 heavy (non-hydrogen) atoms. The van der Waals surface area contributed by atoms with E-state index in [0.29, 0.717) is 22.0 Å². The molecule has 5 nitrogen and oxygen atoms in total. The van der Waals surface area contributed by atoms with Gasteiger partial charge >= 0.3 is 5.97 Å². The molecule has 0 aromatic heterocycles. The van der Waals surface area contributed by atoms with E-state index in [1.54, 1.807) is 42.5 Å². The molecule has 0 unspecified atom stereocenters. The van der Waals surface area contributed by atoms with Gasteiger partial charge in [-0.3, -0.25) is 9.59 Å². The van der Waals surface area contributed by atoms with Crippen LogP contribution in [0.15, 0.2) is 109 Å². The lowest BCUT2D eigenvalue weighted by Crippen LogP contribution is -2.28. The molecule has 176 valence electrons. The van der Waals surface area contributed by atoms with E-state index in [1.165, 1.54) is 7.11 Å². The van der Waals surface area contributed by atoms with Gasteiger partial charge in [-0.05, 0) is 29.3 Å². The minimum absolute atomic E-state index is 0.353. The van der Waals surface area contributed by atoms with Crippen molar-refractivity contribution >= 4 is 29.2 Å². The summed E-state index contributed by atoms with van der Waals surface area (Å²) in [6.45, 7) is 0. The number of methoxy groups -OCH3 is 1. The Balaban J connectivity index is 1.64. The quantitative estimate of drug-likeness (QED) is 0.293. The van der Waals surface area contributed by atoms with E-state index in [-0.39, 0.29) is 0 Å². The predicted molar refractivity (Wildman–Crippen MR) is 137 cm³/mol. The summed E-state index contributed by atoms with van der Waals surface area (Å²) >= 11 is 6.21. The molecule has 1 atom stereocenters. The first-order valence-corrected chi connectivity index (χ1v) is 11.4. The fourth-order valence-electron chi connectivity index (χ4n) is 3.79. The van der Waals surface area contributed by atoms with E-state index in [2.05, 4.69) is 5.32 Å². The molecule has 0 saturated carbocycles. The van der Waals surface area contributed by atoms with Crippen LogP contribution < -0.4 is 10.1 Å². The molecule has 1 amide bonds. The first-order chi connectivity index (χ1) is 17.1. The van der Waals surface area contributed by atoms with Crippen LogP contribution in [0.2, 0.25) is 5.02 Å². The Morgan fingerprint density at radius 3 is 1.74 bits per heavy atom. The Hall–Kier alpha value is -4.09. The van der Waals surface area contributed by atoms with Crippen molar-refractivity contribution in [3.05, 3.63) is 131 Å². The first kappa shape index (κ1) is 24.0. The Kier molecular flexibility index (Phi) is 7.81. The summed E-state index contributed by atoms with van der Waals surface area (Å²) in [6.07, 6.45) is -1.17. The molecule has 0 fully saturated rings. The lowest BCUT2D eigenvalue weighted by molar-refractivity contribution is -0.155. The zero-order valence-corrected chi connectivity index (χ0v) is 19.8. The van der Waals surface area contributed by atoms with Gasteiger partial charge in [0.25, 0.3) is 5.91 Å². The van der Waals surface area contributed by atoms with Gasteiger partial charge in [0.1, 0.15) is 11.7 Å². The molecule has 4 rings (SSSR count). The zero-order chi connectivity index (χ0) is 24.6. The smallest absolute Gasteiger partial charge is 0.319 e. The topological polar surface area (TPSA) is 64.6 Å². The minimum atomic E-state index is -1.17. The largest absolute Gasteiger partial charge is 0.495 e. The van der Waals surface area contributed by atoms with Crippen molar-refractivity contribution in [1.82, 2.24) is 0 Å². The molecule has 0 heterocycles. The lowest BCUT2D eigenvalue weighted by Gasteiger charge is -2.22. The Bertz CT molecular complexity index is 1240. The Labute approximate surface area is 209 Å². The van der Waals surface area contributed by atoms with Crippen LogP contribution >= 0.6 is 11.6 Å². The highest BCUT2D eigenvalue weighted by Crippen LogP contribution is 2.31. The number of hydrogen-bond donors (Lipinski definition) is 1. The third-order valence-corrected chi connectivity index (χ3v) is 5.79. The molecule has 4 aromatic rings. The van der Waals surface area contributed by atoms with Crippen LogP contribution in [0.5, 0.6) is 5.75 Å². The van der Waals surface area contributed by atoms with E-state index >= 15 is 0 Å². The number of carbonyl (C=O) groups is 2. The summed E-state index contributed by atoms with van der Waals surface area (Å²) in [6, 6.07) is 32.5. The molecule has 0 radical (unpaired) electrons. The molecule has 0 aliphatic rings. The van der Waals surface area contributed by atoms with Crippen LogP contribution in [0.3, 0.4) is 0 Å². The molecule has 1 N–H and O–H groups in total. The fraction of sp³-hybridized carbons (Fsp3) is 0.103. The van der Waals surface area contributed by atoms with E-state index in [4.69, 9.17) is 21.1 Å². The third kappa shape index (κ3) is 5.89. The molecule has 0 aliphatic carbocycles. The van der Waals surface area contributed by atoms with Crippen molar-refractivity contribution in [1.29, 1.82) is 0 Å². The van der Waals surface area contributed by atoms with E-state index in [1.807, 2.05) is 66.7 Å². The predicted octanol–water partition coefficient (Wildman–Crippen LogP) is 6.40. The molecule has 6 heteroatoms. The highest BCUT2D eigenvalue weighted by atomic mass is 35.5. The maximum absolute atomic E-state index is 13.6. The number of hydrogen-bond acceptors (Lipinski definition) is 4. The first-order valence-electron chi connectivity index (χ1n) is 11.1. The number of nitrogens with one attached hydrogen (secondary N) is 1. The van der Waals surface area contributed by atoms with Gasteiger partial charge in [0, 0.05) is 11.3 Å². The van der Waals surface area contributed by atoms with Gasteiger partial charge in [0.2, 0.25) is 6.10 Å². The second-order valence-corrected chi connectivity index (χ2v) is 8.23. The van der Waals surface area contributed by atoms with Gasteiger partial charge in [0.15, 0.2) is 0 Å². The molecule has 0 saturated heterocycles. The number of carbonyl (C=O) groups excluding carboxylic acids is 2. The number of benzene rings is 4. The van der Waals surface area contributed by atoms with E-state index in [0.717, 1.165) is 11.1 Å². The zero-order valence-electron chi connectivity index (χ0n) is 19.1. The van der Waals surface area contributed by atoms with Crippen molar-refractivity contribution in [3.8, 4) is 5.75 Å². The summed E-state index contributed by atoms with van der Waals surface area (Å²) in [7, 11) is 1.51. The number of rotatable bonds is 8. The van der Waals surface area contributed by atoms with Crippen LogP contribution in [0, 0.1) is 0 Å². The van der Waals surface area contributed by atoms with Gasteiger partial charge in [-0.15, -0.1) is 0 Å². The van der Waals surface area contributed by atoms with Gasteiger partial charge in [0.05, 0.1) is 12.1 Å². The van der Waals surface area contributed by atoms with Crippen LogP contribution in [0.25, 0.3) is 0 Å². The van der Waals surface area contributed by atoms with Crippen molar-refractivity contribution in [2.24, 2.45) is 0 Å². The van der Waals surface area contributed by atoms with E-state index < -0.39 is 23.9 Å². The minimum Gasteiger partial charge on any atom is -0.495 e. The molecule has 4 aromatic carbocycles. The lowest BCUT2D eigenvalue weighted by atomic mass is 9.91. The summed E-state index contributed by atoms with van der Waals surface area (Å²) in [5.74, 6) is -1.22. The van der Waals surface area contributed by atoms with Crippen molar-refractivity contribution in [2.75, 3.05) is 12.4 Å². The van der Waals surface area contributed by atoms with Crippen LogP contribution in [-0.2, 0) is 14.3 Å². The summed E-state index contributed by atoms with van der Waals surface area (Å²) in [5.41, 5.74) is 2.56. The molecule has 0 aliphatic heterocycles. The average molecular weight is 486 g/mol. The monoisotopic (exact) mass is 485 g/mol. The molecule has 0 spiro atoms. The Morgan fingerprint density at radius 2 is 1.26 bits per heavy atom. The summed E-state index contributed by atoms with van der Waals surface area (Å²) in [5, 5.41) is 3.15. The van der Waals surface area contributed by atoms with Crippen LogP contribution in [0.1, 0.15) is 28.7 Å². The second-order valence-electron chi connectivity index (χ2n) is 7.82. The third-order valence-electron chi connectivity index (χ3n) is 5.50. The number of ether oxygens (including phenoxy) is 2. The van der Waals surface area contributed by atoms with E-state index in [9.17, 15) is 9.59 Å². The summed E-state index contributed by atoms with van der Waals surface area (Å²) in [4.78, 5) is 26.9. The van der Waals surface area contributed by atoms with Crippen molar-refractivity contribution in [2.45, 2.75) is 12.0 Å². The van der Waals surface area contributed by atoms with Gasteiger partial charge in [-0.25, -0.2) is 0 Å². The summed E-state index contributed by atoms with van der Waals surface area (Å²) < 4.78 is 11.1. The highest BCUT2D eigenvalue weighted by molar-refractivity contribution is 6.32. The fourth-order valence-corrected chi connectivity index (χ4v) is 4.05. The maximum Gasteiger partial charge on any atom is 0.319 e. The van der Waals surface area contributed by atoms with Gasteiger partial charge < -0.3 is 14.8 Å². The normalized spacial score (nSPS) is 11.5. The average Bonchev–Trinajstić information content (AvgIpc) is 2.89. The van der Waals surface area contributed by atoms with Gasteiger partial charge in [-0.1, -0.05) is 103 Å². The Morgan fingerprint density at radius 1 is 0.743 bits per heavy atom. The highest BCUT2D eigenvalue weighted by Gasteiger charge is 2.31. The number of halogens is 1. The number of amides is 1. The number of anilines is 1.